The van der Waals surface area contributed by atoms with Gasteiger partial charge in [-0.1, -0.05) is 36.4 Å². The van der Waals surface area contributed by atoms with Crippen LogP contribution in [0.25, 0.3) is 0 Å². The molecule has 0 radical (unpaired) electrons. The number of rotatable bonds is 5. The maximum atomic E-state index is 12.8. The molecule has 1 saturated heterocycles. The summed E-state index contributed by atoms with van der Waals surface area (Å²) in [5.74, 6) is 0.559. The van der Waals surface area contributed by atoms with Crippen molar-refractivity contribution >= 4 is 18.3 Å². The highest BCUT2D eigenvalue weighted by Gasteiger charge is 2.58. The van der Waals surface area contributed by atoms with Gasteiger partial charge in [-0.15, -0.1) is 19.0 Å². The van der Waals surface area contributed by atoms with E-state index in [0.717, 1.165) is 32.4 Å². The lowest BCUT2D eigenvalue weighted by atomic mass is 9.91. The minimum Gasteiger partial charge on any atom is -0.334 e. The van der Waals surface area contributed by atoms with Gasteiger partial charge in [0.15, 0.2) is 0 Å². The molecule has 120 valence electrons. The zero-order chi connectivity index (χ0) is 14.7. The summed E-state index contributed by atoms with van der Waals surface area (Å²) in [6.45, 7) is 7.25. The summed E-state index contributed by atoms with van der Waals surface area (Å²) in [6, 6.07) is 10.2. The third kappa shape index (κ3) is 3.53. The van der Waals surface area contributed by atoms with Crippen LogP contribution >= 0.6 is 12.4 Å². The number of halogens is 1. The van der Waals surface area contributed by atoms with Gasteiger partial charge in [-0.3, -0.25) is 4.79 Å². The molecule has 0 bridgehead atoms. The molecule has 1 N–H and O–H groups in total. The first kappa shape index (κ1) is 17.0. The zero-order valence-electron chi connectivity index (χ0n) is 13.0. The molecular weight excluding hydrogens is 296 g/mol. The van der Waals surface area contributed by atoms with E-state index in [-0.39, 0.29) is 18.3 Å². The Morgan fingerprint density at radius 1 is 1.32 bits per heavy atom. The van der Waals surface area contributed by atoms with Crippen molar-refractivity contribution in [3.63, 3.8) is 0 Å². The summed E-state index contributed by atoms with van der Waals surface area (Å²) in [5, 5.41) is 3.39. The summed E-state index contributed by atoms with van der Waals surface area (Å²) in [4.78, 5) is 14.8. The smallest absolute Gasteiger partial charge is 0.226 e. The van der Waals surface area contributed by atoms with Crippen LogP contribution in [0.15, 0.2) is 43.0 Å². The minimum atomic E-state index is 0. The van der Waals surface area contributed by atoms with Crippen LogP contribution in [0.1, 0.15) is 24.8 Å². The van der Waals surface area contributed by atoms with E-state index in [4.69, 9.17) is 0 Å². The van der Waals surface area contributed by atoms with Crippen LogP contribution < -0.4 is 5.32 Å². The fraction of sp³-hybridized carbons (Fsp3) is 0.500. The fourth-order valence-corrected chi connectivity index (χ4v) is 3.59. The highest BCUT2D eigenvalue weighted by atomic mass is 35.5. The summed E-state index contributed by atoms with van der Waals surface area (Å²) in [5.41, 5.74) is 1.49. The number of benzene rings is 1. The van der Waals surface area contributed by atoms with Crippen molar-refractivity contribution in [1.29, 1.82) is 0 Å². The van der Waals surface area contributed by atoms with Crippen molar-refractivity contribution in [2.45, 2.75) is 25.8 Å². The first-order chi connectivity index (χ1) is 10.2. The van der Waals surface area contributed by atoms with Crippen molar-refractivity contribution in [2.75, 3.05) is 19.6 Å². The van der Waals surface area contributed by atoms with Crippen LogP contribution in [0.5, 0.6) is 0 Å². The molecule has 1 saturated carbocycles. The lowest BCUT2D eigenvalue weighted by molar-refractivity contribution is -0.133. The maximum absolute atomic E-state index is 12.8. The number of nitrogens with zero attached hydrogens (tertiary/aromatic N) is 1. The van der Waals surface area contributed by atoms with Gasteiger partial charge in [-0.25, -0.2) is 0 Å². The molecule has 22 heavy (non-hydrogen) atoms. The lowest BCUT2D eigenvalue weighted by Crippen LogP contribution is -2.36. The Morgan fingerprint density at radius 3 is 2.64 bits per heavy atom. The molecule has 1 aromatic rings. The molecule has 1 aliphatic carbocycles. The normalized spacial score (nSPS) is 21.7. The Labute approximate surface area is 139 Å². The van der Waals surface area contributed by atoms with Gasteiger partial charge in [0.1, 0.15) is 0 Å². The van der Waals surface area contributed by atoms with Crippen molar-refractivity contribution in [3.8, 4) is 0 Å². The fourth-order valence-electron chi connectivity index (χ4n) is 3.59. The lowest BCUT2D eigenvalue weighted by Gasteiger charge is -2.26. The van der Waals surface area contributed by atoms with E-state index in [9.17, 15) is 4.79 Å². The van der Waals surface area contributed by atoms with Gasteiger partial charge in [0.05, 0.1) is 0 Å². The quantitative estimate of drug-likeness (QED) is 0.846. The van der Waals surface area contributed by atoms with Gasteiger partial charge in [0.25, 0.3) is 0 Å². The molecule has 1 amide bonds. The molecule has 1 atom stereocenters. The van der Waals surface area contributed by atoms with Crippen molar-refractivity contribution in [3.05, 3.63) is 48.6 Å². The third-order valence-electron chi connectivity index (χ3n) is 4.96. The van der Waals surface area contributed by atoms with Crippen molar-refractivity contribution < 1.29 is 4.79 Å². The Hall–Kier alpha value is -1.32. The van der Waals surface area contributed by atoms with Crippen LogP contribution in [-0.4, -0.2) is 30.4 Å². The predicted octanol–water partition coefficient (Wildman–Crippen LogP) is 3.01. The number of carbonyl (C=O) groups excluding carboxylic acids is 1. The van der Waals surface area contributed by atoms with Crippen LogP contribution in [0, 0.1) is 11.3 Å². The molecule has 1 unspecified atom stereocenters. The van der Waals surface area contributed by atoms with E-state index >= 15 is 0 Å². The summed E-state index contributed by atoms with van der Waals surface area (Å²) in [7, 11) is 0. The molecule has 4 heteroatoms. The van der Waals surface area contributed by atoms with Crippen LogP contribution in [-0.2, 0) is 11.3 Å². The van der Waals surface area contributed by atoms with Gasteiger partial charge in [0, 0.05) is 19.0 Å². The number of hydrogen-bond acceptors (Lipinski definition) is 2. The molecule has 1 aliphatic heterocycles. The zero-order valence-corrected chi connectivity index (χ0v) is 13.8. The molecular formula is C18H25ClN2O. The number of amides is 1. The maximum Gasteiger partial charge on any atom is 0.226 e. The number of carbonyl (C=O) groups is 1. The Balaban J connectivity index is 0.00000176. The van der Waals surface area contributed by atoms with Gasteiger partial charge >= 0.3 is 0 Å². The molecule has 3 nitrogen and oxygen atoms in total. The summed E-state index contributed by atoms with van der Waals surface area (Å²) in [6.07, 6.45) is 5.21. The molecule has 0 aromatic heterocycles. The van der Waals surface area contributed by atoms with Crippen LogP contribution in [0.4, 0.5) is 0 Å². The molecule has 1 aromatic carbocycles. The van der Waals surface area contributed by atoms with Gasteiger partial charge in [-0.05, 0) is 43.3 Å². The van der Waals surface area contributed by atoms with Crippen molar-refractivity contribution in [2.24, 2.45) is 11.3 Å². The first-order valence-corrected chi connectivity index (χ1v) is 7.89. The molecule has 1 spiro atoms. The van der Waals surface area contributed by atoms with E-state index in [1.807, 2.05) is 29.2 Å². The molecule has 2 aliphatic rings. The number of nitrogens with one attached hydrogen (secondary N) is 1. The summed E-state index contributed by atoms with van der Waals surface area (Å²) >= 11 is 0. The third-order valence-corrected chi connectivity index (χ3v) is 4.96. The first-order valence-electron chi connectivity index (χ1n) is 7.89. The highest BCUT2D eigenvalue weighted by molar-refractivity contribution is 5.85. The van der Waals surface area contributed by atoms with E-state index < -0.39 is 0 Å². The van der Waals surface area contributed by atoms with Gasteiger partial charge < -0.3 is 10.2 Å². The Kier molecular flexibility index (Phi) is 5.65. The molecule has 3 rings (SSSR count). The molecule has 1 heterocycles. The average molecular weight is 321 g/mol. The largest absolute Gasteiger partial charge is 0.334 e. The Morgan fingerprint density at radius 2 is 2.00 bits per heavy atom. The monoisotopic (exact) mass is 320 g/mol. The van der Waals surface area contributed by atoms with Gasteiger partial charge in [-0.2, -0.15) is 0 Å². The van der Waals surface area contributed by atoms with Gasteiger partial charge in [0.2, 0.25) is 5.91 Å². The second kappa shape index (κ2) is 7.30. The van der Waals surface area contributed by atoms with Crippen molar-refractivity contribution in [1.82, 2.24) is 10.2 Å². The Bertz CT molecular complexity index is 511. The second-order valence-electron chi connectivity index (χ2n) is 6.36. The SMILES string of the molecule is C=CCN(Cc1ccccc1)C(=O)C1CC12CCNCC2.Cl. The van der Waals surface area contributed by atoms with E-state index in [1.165, 1.54) is 5.56 Å². The minimum absolute atomic E-state index is 0. The average Bonchev–Trinajstić information content (AvgIpc) is 3.21. The number of piperidine rings is 1. The van der Waals surface area contributed by atoms with E-state index in [0.29, 0.717) is 24.4 Å². The van der Waals surface area contributed by atoms with Crippen LogP contribution in [0.2, 0.25) is 0 Å². The van der Waals surface area contributed by atoms with E-state index in [2.05, 4.69) is 24.0 Å². The predicted molar refractivity (Wildman–Crippen MR) is 91.9 cm³/mol. The second-order valence-corrected chi connectivity index (χ2v) is 6.36. The highest BCUT2D eigenvalue weighted by Crippen LogP contribution is 2.59. The van der Waals surface area contributed by atoms with Crippen LogP contribution in [0.3, 0.4) is 0 Å². The number of hydrogen-bond donors (Lipinski definition) is 1. The standard InChI is InChI=1S/C18H24N2O.ClH/c1-2-12-20(14-15-6-4-3-5-7-15)17(21)16-13-18(16)8-10-19-11-9-18;/h2-7,16,19H,1,8-14H2;1H. The van der Waals surface area contributed by atoms with E-state index in [1.54, 1.807) is 0 Å². The topological polar surface area (TPSA) is 32.3 Å². The summed E-state index contributed by atoms with van der Waals surface area (Å²) < 4.78 is 0. The molecule has 2 fully saturated rings.